The van der Waals surface area contributed by atoms with Gasteiger partial charge < -0.3 is 4.74 Å². The summed E-state index contributed by atoms with van der Waals surface area (Å²) in [5.41, 5.74) is 2.90. The number of nitrogens with one attached hydrogen (secondary N) is 1. The van der Waals surface area contributed by atoms with Crippen LogP contribution in [0.3, 0.4) is 0 Å². The third-order valence-electron chi connectivity index (χ3n) is 1.96. The summed E-state index contributed by atoms with van der Waals surface area (Å²) < 4.78 is 4.86. The fraction of sp³-hybridized carbons (Fsp3) is 1.00. The summed E-state index contributed by atoms with van der Waals surface area (Å²) in [7, 11) is 1.69. The van der Waals surface area contributed by atoms with Gasteiger partial charge in [-0.3, -0.25) is 4.84 Å². The molecule has 0 aromatic rings. The Morgan fingerprint density at radius 3 is 2.73 bits per heavy atom. The molecule has 1 N–H and O–H groups in total. The second kappa shape index (κ2) is 5.52. The van der Waals surface area contributed by atoms with Gasteiger partial charge in [0.1, 0.15) is 0 Å². The molecule has 0 spiro atoms. The zero-order chi connectivity index (χ0) is 7.94. The molecule has 11 heavy (non-hydrogen) atoms. The minimum atomic E-state index is 0.451. The first-order valence-corrected chi connectivity index (χ1v) is 4.31. The van der Waals surface area contributed by atoms with Crippen LogP contribution in [0.1, 0.15) is 25.7 Å². The lowest BCUT2D eigenvalue weighted by atomic mass is 10.3. The molecule has 0 amide bonds. The Morgan fingerprint density at radius 2 is 2.09 bits per heavy atom. The topological polar surface area (TPSA) is 30.5 Å². The van der Waals surface area contributed by atoms with Crippen LogP contribution < -0.4 is 5.48 Å². The maximum absolute atomic E-state index is 5.38. The van der Waals surface area contributed by atoms with Crippen LogP contribution in [0.2, 0.25) is 0 Å². The zero-order valence-electron chi connectivity index (χ0n) is 7.14. The second-order valence-corrected chi connectivity index (χ2v) is 2.91. The van der Waals surface area contributed by atoms with E-state index in [0.717, 1.165) is 6.54 Å². The molecule has 0 atom stereocenters. The Morgan fingerprint density at radius 1 is 1.36 bits per heavy atom. The van der Waals surface area contributed by atoms with Crippen molar-refractivity contribution in [3.63, 3.8) is 0 Å². The highest BCUT2D eigenvalue weighted by atomic mass is 16.7. The number of ether oxygens (including phenoxy) is 1. The average molecular weight is 159 g/mol. The molecule has 0 radical (unpaired) electrons. The van der Waals surface area contributed by atoms with Crippen LogP contribution >= 0.6 is 0 Å². The van der Waals surface area contributed by atoms with Gasteiger partial charge in [-0.25, -0.2) is 0 Å². The fourth-order valence-corrected chi connectivity index (χ4v) is 1.33. The first-order chi connectivity index (χ1) is 5.43. The van der Waals surface area contributed by atoms with Crippen molar-refractivity contribution in [2.24, 2.45) is 0 Å². The minimum Gasteiger partial charge on any atom is -0.383 e. The van der Waals surface area contributed by atoms with E-state index in [9.17, 15) is 0 Å². The maximum Gasteiger partial charge on any atom is 0.0790 e. The van der Waals surface area contributed by atoms with Crippen molar-refractivity contribution in [3.8, 4) is 0 Å². The van der Waals surface area contributed by atoms with Crippen molar-refractivity contribution >= 4 is 0 Å². The maximum atomic E-state index is 5.38. The molecular formula is C8H17NO2. The number of methoxy groups -OCH3 is 1. The SMILES string of the molecule is COCCNOC1CCCC1. The molecule has 1 rings (SSSR count). The molecule has 1 saturated carbocycles. The molecule has 0 bridgehead atoms. The first-order valence-electron chi connectivity index (χ1n) is 4.31. The lowest BCUT2D eigenvalue weighted by molar-refractivity contribution is -0.0283. The number of hydrogen-bond acceptors (Lipinski definition) is 3. The summed E-state index contributed by atoms with van der Waals surface area (Å²) in [5, 5.41) is 0. The normalized spacial score (nSPS) is 19.4. The van der Waals surface area contributed by atoms with E-state index in [4.69, 9.17) is 9.57 Å². The van der Waals surface area contributed by atoms with E-state index in [0.29, 0.717) is 12.7 Å². The van der Waals surface area contributed by atoms with Gasteiger partial charge in [0.2, 0.25) is 0 Å². The van der Waals surface area contributed by atoms with Crippen molar-refractivity contribution < 1.29 is 9.57 Å². The molecule has 0 heterocycles. The highest BCUT2D eigenvalue weighted by molar-refractivity contribution is 4.65. The summed E-state index contributed by atoms with van der Waals surface area (Å²) in [6.07, 6.45) is 5.50. The van der Waals surface area contributed by atoms with E-state index in [-0.39, 0.29) is 0 Å². The van der Waals surface area contributed by atoms with Gasteiger partial charge in [-0.1, -0.05) is 12.8 Å². The minimum absolute atomic E-state index is 0.451. The predicted molar refractivity (Wildman–Crippen MR) is 43.2 cm³/mol. The highest BCUT2D eigenvalue weighted by Crippen LogP contribution is 2.19. The molecule has 1 aliphatic rings. The number of rotatable bonds is 5. The molecule has 0 aromatic heterocycles. The molecule has 0 aromatic carbocycles. The lowest BCUT2D eigenvalue weighted by Crippen LogP contribution is -2.24. The molecule has 0 unspecified atom stereocenters. The van der Waals surface area contributed by atoms with Crippen molar-refractivity contribution in [2.75, 3.05) is 20.3 Å². The van der Waals surface area contributed by atoms with Gasteiger partial charge in [0.25, 0.3) is 0 Å². The van der Waals surface area contributed by atoms with E-state index < -0.39 is 0 Å². The largest absolute Gasteiger partial charge is 0.383 e. The van der Waals surface area contributed by atoms with Crippen molar-refractivity contribution in [1.29, 1.82) is 0 Å². The zero-order valence-corrected chi connectivity index (χ0v) is 7.14. The predicted octanol–water partition coefficient (Wildman–Crippen LogP) is 1.10. The van der Waals surface area contributed by atoms with E-state index in [2.05, 4.69) is 5.48 Å². The summed E-state index contributed by atoms with van der Waals surface area (Å²) in [6.45, 7) is 1.50. The smallest absolute Gasteiger partial charge is 0.0790 e. The Kier molecular flexibility index (Phi) is 4.50. The molecule has 1 aliphatic carbocycles. The Hall–Kier alpha value is -0.120. The Bertz CT molecular complexity index is 92.1. The van der Waals surface area contributed by atoms with Crippen molar-refractivity contribution in [1.82, 2.24) is 5.48 Å². The van der Waals surface area contributed by atoms with Gasteiger partial charge in [0.15, 0.2) is 0 Å². The van der Waals surface area contributed by atoms with Crippen LogP contribution in [0.4, 0.5) is 0 Å². The monoisotopic (exact) mass is 159 g/mol. The number of hydrogen-bond donors (Lipinski definition) is 1. The van der Waals surface area contributed by atoms with Crippen LogP contribution in [0.5, 0.6) is 0 Å². The van der Waals surface area contributed by atoms with Crippen LogP contribution in [-0.4, -0.2) is 26.4 Å². The van der Waals surface area contributed by atoms with Crippen LogP contribution in [-0.2, 0) is 9.57 Å². The van der Waals surface area contributed by atoms with E-state index in [1.807, 2.05) is 0 Å². The van der Waals surface area contributed by atoms with Gasteiger partial charge in [-0.05, 0) is 12.8 Å². The average Bonchev–Trinajstić information content (AvgIpc) is 2.50. The highest BCUT2D eigenvalue weighted by Gasteiger charge is 2.14. The van der Waals surface area contributed by atoms with Crippen LogP contribution in [0, 0.1) is 0 Å². The summed E-state index contributed by atoms with van der Waals surface area (Å²) in [5.74, 6) is 0. The van der Waals surface area contributed by atoms with E-state index in [1.54, 1.807) is 7.11 Å². The molecule has 0 saturated heterocycles. The van der Waals surface area contributed by atoms with Gasteiger partial charge >= 0.3 is 0 Å². The quantitative estimate of drug-likeness (QED) is 0.481. The standard InChI is InChI=1S/C8H17NO2/c1-10-7-6-9-11-8-4-2-3-5-8/h8-9H,2-7H2,1H3. The Labute approximate surface area is 68.0 Å². The first kappa shape index (κ1) is 8.97. The van der Waals surface area contributed by atoms with Gasteiger partial charge in [0.05, 0.1) is 12.7 Å². The summed E-state index contributed by atoms with van der Waals surface area (Å²) in [6, 6.07) is 0. The third-order valence-corrected chi connectivity index (χ3v) is 1.96. The second-order valence-electron chi connectivity index (χ2n) is 2.91. The van der Waals surface area contributed by atoms with Gasteiger partial charge in [-0.15, -0.1) is 0 Å². The van der Waals surface area contributed by atoms with Gasteiger partial charge in [-0.2, -0.15) is 5.48 Å². The third kappa shape index (κ3) is 3.70. The van der Waals surface area contributed by atoms with E-state index >= 15 is 0 Å². The van der Waals surface area contributed by atoms with E-state index in [1.165, 1.54) is 25.7 Å². The van der Waals surface area contributed by atoms with Gasteiger partial charge in [0, 0.05) is 13.7 Å². The van der Waals surface area contributed by atoms with Crippen LogP contribution in [0.15, 0.2) is 0 Å². The summed E-state index contributed by atoms with van der Waals surface area (Å²) >= 11 is 0. The van der Waals surface area contributed by atoms with Crippen molar-refractivity contribution in [2.45, 2.75) is 31.8 Å². The molecular weight excluding hydrogens is 142 g/mol. The van der Waals surface area contributed by atoms with Crippen molar-refractivity contribution in [3.05, 3.63) is 0 Å². The molecule has 66 valence electrons. The number of hydroxylamine groups is 1. The Balaban J connectivity index is 1.86. The molecule has 1 fully saturated rings. The summed E-state index contributed by atoms with van der Waals surface area (Å²) in [4.78, 5) is 5.38. The molecule has 3 heteroatoms. The molecule has 3 nitrogen and oxygen atoms in total. The molecule has 0 aliphatic heterocycles. The lowest BCUT2D eigenvalue weighted by Gasteiger charge is -2.10. The fourth-order valence-electron chi connectivity index (χ4n) is 1.33. The van der Waals surface area contributed by atoms with Crippen LogP contribution in [0.25, 0.3) is 0 Å².